The molecule has 2 aromatic heterocycles. The van der Waals surface area contributed by atoms with Crippen LogP contribution in [0.1, 0.15) is 46.8 Å². The molecule has 1 N–H and O–H groups in total. The second kappa shape index (κ2) is 7.40. The van der Waals surface area contributed by atoms with Crippen LogP contribution in [0.2, 0.25) is 0 Å². The Balaban J connectivity index is 1.75. The van der Waals surface area contributed by atoms with Crippen LogP contribution >= 0.6 is 0 Å². The van der Waals surface area contributed by atoms with E-state index < -0.39 is 0 Å². The number of hydrogen-bond acceptors (Lipinski definition) is 5. The van der Waals surface area contributed by atoms with E-state index in [1.54, 1.807) is 19.3 Å². The molecule has 0 unspecified atom stereocenters. The summed E-state index contributed by atoms with van der Waals surface area (Å²) in [6, 6.07) is 7.00. The van der Waals surface area contributed by atoms with Crippen molar-refractivity contribution in [2.24, 2.45) is 5.92 Å². The lowest BCUT2D eigenvalue weighted by atomic mass is 9.94. The summed E-state index contributed by atoms with van der Waals surface area (Å²) in [5.74, 6) is 0.236. The third-order valence-electron chi connectivity index (χ3n) is 4.70. The molecule has 0 spiro atoms. The van der Waals surface area contributed by atoms with Crippen LogP contribution in [-0.4, -0.2) is 34.8 Å². The third kappa shape index (κ3) is 3.31. The van der Waals surface area contributed by atoms with Crippen LogP contribution in [0.15, 0.2) is 35.0 Å². The van der Waals surface area contributed by atoms with Crippen molar-refractivity contribution in [2.45, 2.75) is 26.3 Å². The Labute approximate surface area is 151 Å². The summed E-state index contributed by atoms with van der Waals surface area (Å²) in [5.41, 5.74) is 1.31. The number of nitrogens with zero attached hydrogens (tertiary/aromatic N) is 3. The lowest BCUT2D eigenvalue weighted by molar-refractivity contribution is -0.128. The molecule has 2 aromatic rings. The van der Waals surface area contributed by atoms with Gasteiger partial charge in [0, 0.05) is 43.9 Å². The normalized spacial score (nSPS) is 19.4. The number of carbonyl (C=O) groups excluding carboxylic acids is 2. The Kier molecular flexibility index (Phi) is 5.03. The number of aryl methyl sites for hydroxylation is 1. The van der Waals surface area contributed by atoms with Gasteiger partial charge in [0.05, 0.1) is 11.6 Å². The maximum Gasteiger partial charge on any atom is 0.254 e. The summed E-state index contributed by atoms with van der Waals surface area (Å²) in [6.45, 7) is 4.55. The average Bonchev–Trinajstić information content (AvgIpc) is 3.19. The van der Waals surface area contributed by atoms with Crippen LogP contribution < -0.4 is 5.32 Å². The van der Waals surface area contributed by atoms with Gasteiger partial charge in [0.15, 0.2) is 0 Å². The molecular weight excluding hydrogens is 332 g/mol. The summed E-state index contributed by atoms with van der Waals surface area (Å²) in [6.07, 6.45) is 3.84. The Morgan fingerprint density at radius 1 is 1.54 bits per heavy atom. The number of nitrogens with one attached hydrogen (secondary N) is 1. The van der Waals surface area contributed by atoms with E-state index in [1.807, 2.05) is 30.0 Å². The van der Waals surface area contributed by atoms with Gasteiger partial charge in [0.1, 0.15) is 11.8 Å². The number of furan rings is 1. The van der Waals surface area contributed by atoms with Crippen molar-refractivity contribution in [2.75, 3.05) is 13.1 Å². The molecule has 3 rings (SSSR count). The van der Waals surface area contributed by atoms with Crippen LogP contribution in [0.3, 0.4) is 0 Å². The van der Waals surface area contributed by atoms with Crippen LogP contribution in [0.25, 0.3) is 0 Å². The molecule has 26 heavy (non-hydrogen) atoms. The molecule has 2 amide bonds. The first-order chi connectivity index (χ1) is 12.5. The summed E-state index contributed by atoms with van der Waals surface area (Å²) < 4.78 is 5.21. The smallest absolute Gasteiger partial charge is 0.254 e. The number of likely N-dealkylation sites (tertiary alicyclic amines) is 1. The molecule has 0 aromatic carbocycles. The van der Waals surface area contributed by atoms with E-state index in [2.05, 4.69) is 10.3 Å². The van der Waals surface area contributed by atoms with Gasteiger partial charge < -0.3 is 14.6 Å². The van der Waals surface area contributed by atoms with Gasteiger partial charge in [-0.05, 0) is 25.5 Å². The van der Waals surface area contributed by atoms with Gasteiger partial charge in [0.25, 0.3) is 5.91 Å². The van der Waals surface area contributed by atoms with E-state index in [0.29, 0.717) is 30.8 Å². The predicted molar refractivity (Wildman–Crippen MR) is 93.0 cm³/mol. The van der Waals surface area contributed by atoms with E-state index >= 15 is 0 Å². The quantitative estimate of drug-likeness (QED) is 0.889. The minimum absolute atomic E-state index is 0.0433. The minimum atomic E-state index is -0.305. The van der Waals surface area contributed by atoms with E-state index in [9.17, 15) is 9.59 Å². The lowest BCUT2D eigenvalue weighted by Gasteiger charge is -2.27. The fourth-order valence-corrected chi connectivity index (χ4v) is 3.50. The molecule has 0 radical (unpaired) electrons. The molecule has 0 aliphatic carbocycles. The molecule has 1 aliphatic rings. The summed E-state index contributed by atoms with van der Waals surface area (Å²) in [4.78, 5) is 30.8. The maximum atomic E-state index is 12.4. The molecule has 3 heterocycles. The van der Waals surface area contributed by atoms with E-state index in [-0.39, 0.29) is 29.5 Å². The molecule has 1 fully saturated rings. The Hall–Kier alpha value is -3.14. The predicted octanol–water partition coefficient (Wildman–Crippen LogP) is 2.19. The summed E-state index contributed by atoms with van der Waals surface area (Å²) in [7, 11) is 0. The first kappa shape index (κ1) is 17.7. The summed E-state index contributed by atoms with van der Waals surface area (Å²) in [5, 5.41) is 11.8. The number of aromatic nitrogens is 1. The molecule has 0 bridgehead atoms. The van der Waals surface area contributed by atoms with Crippen molar-refractivity contribution in [3.05, 3.63) is 53.2 Å². The summed E-state index contributed by atoms with van der Waals surface area (Å²) >= 11 is 0. The van der Waals surface area contributed by atoms with Crippen molar-refractivity contribution >= 4 is 11.8 Å². The highest BCUT2D eigenvalue weighted by molar-refractivity contribution is 5.95. The highest BCUT2D eigenvalue weighted by Gasteiger charge is 2.40. The van der Waals surface area contributed by atoms with E-state index in [0.717, 1.165) is 5.56 Å². The van der Waals surface area contributed by atoms with Gasteiger partial charge in [-0.1, -0.05) is 6.07 Å². The second-order valence-corrected chi connectivity index (χ2v) is 6.28. The van der Waals surface area contributed by atoms with Crippen molar-refractivity contribution in [1.29, 1.82) is 5.26 Å². The zero-order chi connectivity index (χ0) is 18.7. The van der Waals surface area contributed by atoms with Crippen LogP contribution in [0, 0.1) is 24.2 Å². The molecule has 1 saturated heterocycles. The zero-order valence-corrected chi connectivity index (χ0v) is 14.7. The molecule has 2 atom stereocenters. The Morgan fingerprint density at radius 3 is 2.96 bits per heavy atom. The first-order valence-corrected chi connectivity index (χ1v) is 8.53. The molecule has 7 heteroatoms. The minimum Gasteiger partial charge on any atom is -0.450 e. The van der Waals surface area contributed by atoms with Crippen molar-refractivity contribution in [3.63, 3.8) is 0 Å². The number of hydrogen-bond donors (Lipinski definition) is 1. The topological polar surface area (TPSA) is 99.2 Å². The molecular formula is C19H20N4O3. The fraction of sp³-hybridized carbons (Fsp3) is 0.368. The van der Waals surface area contributed by atoms with E-state index in [1.165, 1.54) is 6.07 Å². The SMILES string of the molecule is CCN1C(=O)C[C@@H](CNC(=O)c2cc(C#N)oc2C)[C@@H]1c1cccnc1. The van der Waals surface area contributed by atoms with Crippen LogP contribution in [-0.2, 0) is 4.79 Å². The molecule has 134 valence electrons. The number of pyridine rings is 1. The molecule has 0 saturated carbocycles. The highest BCUT2D eigenvalue weighted by atomic mass is 16.3. The Bertz CT molecular complexity index is 853. The average molecular weight is 352 g/mol. The van der Waals surface area contributed by atoms with E-state index in [4.69, 9.17) is 9.68 Å². The lowest BCUT2D eigenvalue weighted by Crippen LogP contribution is -2.34. The third-order valence-corrected chi connectivity index (χ3v) is 4.70. The van der Waals surface area contributed by atoms with Gasteiger partial charge in [-0.15, -0.1) is 0 Å². The fourth-order valence-electron chi connectivity index (χ4n) is 3.50. The van der Waals surface area contributed by atoms with Gasteiger partial charge in [0.2, 0.25) is 11.7 Å². The zero-order valence-electron chi connectivity index (χ0n) is 14.7. The maximum absolute atomic E-state index is 12.4. The molecule has 7 nitrogen and oxygen atoms in total. The van der Waals surface area contributed by atoms with Gasteiger partial charge in [-0.3, -0.25) is 14.6 Å². The van der Waals surface area contributed by atoms with Crippen molar-refractivity contribution in [1.82, 2.24) is 15.2 Å². The first-order valence-electron chi connectivity index (χ1n) is 8.53. The Morgan fingerprint density at radius 2 is 2.35 bits per heavy atom. The largest absolute Gasteiger partial charge is 0.450 e. The highest BCUT2D eigenvalue weighted by Crippen LogP contribution is 2.37. The van der Waals surface area contributed by atoms with Crippen molar-refractivity contribution < 1.29 is 14.0 Å². The second-order valence-electron chi connectivity index (χ2n) is 6.28. The monoisotopic (exact) mass is 352 g/mol. The molecule has 1 aliphatic heterocycles. The van der Waals surface area contributed by atoms with Gasteiger partial charge in [-0.2, -0.15) is 5.26 Å². The number of amides is 2. The van der Waals surface area contributed by atoms with Gasteiger partial charge >= 0.3 is 0 Å². The van der Waals surface area contributed by atoms with Gasteiger partial charge in [-0.25, -0.2) is 0 Å². The van der Waals surface area contributed by atoms with Crippen molar-refractivity contribution in [3.8, 4) is 6.07 Å². The number of rotatable bonds is 5. The number of carbonyl (C=O) groups is 2. The standard InChI is InChI=1S/C19H20N4O3/c1-3-23-17(24)7-14(18(23)13-5-4-6-21-10-13)11-22-19(25)16-8-15(9-20)26-12(16)2/h4-6,8,10,14,18H,3,7,11H2,1-2H3,(H,22,25)/t14-,18-/m0/s1. The van der Waals surface area contributed by atoms with Crippen LogP contribution in [0.5, 0.6) is 0 Å². The number of nitriles is 1. The van der Waals surface area contributed by atoms with Crippen LogP contribution in [0.4, 0.5) is 0 Å².